The summed E-state index contributed by atoms with van der Waals surface area (Å²) >= 11 is 3.39. The van der Waals surface area contributed by atoms with Gasteiger partial charge >= 0.3 is 0 Å². The van der Waals surface area contributed by atoms with Gasteiger partial charge in [-0.05, 0) is 54.8 Å². The maximum atomic E-state index is 12.7. The van der Waals surface area contributed by atoms with Gasteiger partial charge in [0.1, 0.15) is 0 Å². The van der Waals surface area contributed by atoms with E-state index in [1.807, 2.05) is 25.1 Å². The second-order valence-corrected chi connectivity index (χ2v) is 8.58. The summed E-state index contributed by atoms with van der Waals surface area (Å²) in [4.78, 5) is 0.294. The normalized spacial score (nSPS) is 11.6. The highest BCUT2D eigenvalue weighted by Gasteiger charge is 2.21. The SMILES string of the molecule is COc1ccc(CCN(C)S(=O)(=O)c2ccc(Br)c(C)c2)cc1OC. The molecule has 0 heterocycles. The van der Waals surface area contributed by atoms with E-state index in [9.17, 15) is 8.42 Å². The highest BCUT2D eigenvalue weighted by molar-refractivity contribution is 9.10. The van der Waals surface area contributed by atoms with Gasteiger partial charge in [-0.15, -0.1) is 0 Å². The fourth-order valence-corrected chi connectivity index (χ4v) is 3.90. The van der Waals surface area contributed by atoms with E-state index in [1.54, 1.807) is 39.5 Å². The molecule has 0 aliphatic rings. The van der Waals surface area contributed by atoms with Crippen LogP contribution in [0.4, 0.5) is 0 Å². The van der Waals surface area contributed by atoms with Crippen LogP contribution in [0.25, 0.3) is 0 Å². The summed E-state index contributed by atoms with van der Waals surface area (Å²) in [7, 11) is 1.23. The number of methoxy groups -OCH3 is 2. The second-order valence-electron chi connectivity index (χ2n) is 5.68. The van der Waals surface area contributed by atoms with Crippen molar-refractivity contribution in [3.8, 4) is 11.5 Å². The Balaban J connectivity index is 2.13. The smallest absolute Gasteiger partial charge is 0.242 e. The number of ether oxygens (including phenoxy) is 2. The van der Waals surface area contributed by atoms with Crippen LogP contribution in [0.2, 0.25) is 0 Å². The number of rotatable bonds is 7. The van der Waals surface area contributed by atoms with Gasteiger partial charge in [0.05, 0.1) is 19.1 Å². The summed E-state index contributed by atoms with van der Waals surface area (Å²) in [5.41, 5.74) is 1.86. The zero-order valence-corrected chi connectivity index (χ0v) is 17.1. The molecule has 0 fully saturated rings. The number of benzene rings is 2. The molecule has 0 saturated heterocycles. The van der Waals surface area contributed by atoms with E-state index in [1.165, 1.54) is 4.31 Å². The van der Waals surface area contributed by atoms with Crippen LogP contribution in [0.3, 0.4) is 0 Å². The highest BCUT2D eigenvalue weighted by Crippen LogP contribution is 2.28. The predicted molar refractivity (Wildman–Crippen MR) is 102 cm³/mol. The van der Waals surface area contributed by atoms with Crippen LogP contribution in [-0.2, 0) is 16.4 Å². The van der Waals surface area contributed by atoms with Crippen LogP contribution < -0.4 is 9.47 Å². The van der Waals surface area contributed by atoms with Crippen molar-refractivity contribution in [2.24, 2.45) is 0 Å². The van der Waals surface area contributed by atoms with Crippen molar-refractivity contribution in [2.45, 2.75) is 18.2 Å². The standard InChI is InChI=1S/C18H22BrNO4S/c1-13-11-15(6-7-16(13)19)25(21,22)20(2)10-9-14-5-8-17(23-3)18(12-14)24-4/h5-8,11-12H,9-10H2,1-4H3. The Hall–Kier alpha value is -1.57. The third-order valence-electron chi connectivity index (χ3n) is 4.00. The van der Waals surface area contributed by atoms with Crippen molar-refractivity contribution in [3.63, 3.8) is 0 Å². The Labute approximate surface area is 157 Å². The zero-order valence-electron chi connectivity index (χ0n) is 14.7. The Morgan fingerprint density at radius 2 is 1.72 bits per heavy atom. The number of likely N-dealkylation sites (N-methyl/N-ethyl adjacent to an activating group) is 1. The third kappa shape index (κ3) is 4.54. The van der Waals surface area contributed by atoms with Gasteiger partial charge in [0, 0.05) is 18.1 Å². The van der Waals surface area contributed by atoms with Crippen LogP contribution in [0.1, 0.15) is 11.1 Å². The van der Waals surface area contributed by atoms with E-state index >= 15 is 0 Å². The lowest BCUT2D eigenvalue weighted by Gasteiger charge is -2.18. The van der Waals surface area contributed by atoms with Gasteiger partial charge in [0.2, 0.25) is 10.0 Å². The first kappa shape index (κ1) is 19.8. The lowest BCUT2D eigenvalue weighted by molar-refractivity contribution is 0.354. The second kappa shape index (κ2) is 8.21. The molecule has 0 unspecified atom stereocenters. The first-order valence-corrected chi connectivity index (χ1v) is 9.96. The molecule has 0 bridgehead atoms. The molecule has 0 radical (unpaired) electrons. The average Bonchev–Trinajstić information content (AvgIpc) is 2.61. The molecule has 2 rings (SSSR count). The fraction of sp³-hybridized carbons (Fsp3) is 0.333. The molecule has 0 N–H and O–H groups in total. The Morgan fingerprint density at radius 1 is 1.04 bits per heavy atom. The molecule has 7 heteroatoms. The predicted octanol–water partition coefficient (Wildman–Crippen LogP) is 3.64. The molecule has 5 nitrogen and oxygen atoms in total. The van der Waals surface area contributed by atoms with Crippen molar-refractivity contribution < 1.29 is 17.9 Å². The van der Waals surface area contributed by atoms with Gasteiger partial charge in [0.25, 0.3) is 0 Å². The number of nitrogens with zero attached hydrogens (tertiary/aromatic N) is 1. The number of hydrogen-bond donors (Lipinski definition) is 0. The fourth-order valence-electron chi connectivity index (χ4n) is 2.40. The summed E-state index contributed by atoms with van der Waals surface area (Å²) in [5.74, 6) is 1.28. The van der Waals surface area contributed by atoms with Crippen LogP contribution in [0.5, 0.6) is 11.5 Å². The largest absolute Gasteiger partial charge is 0.493 e. The molecule has 0 aromatic heterocycles. The van der Waals surface area contributed by atoms with E-state index in [0.717, 1.165) is 15.6 Å². The zero-order chi connectivity index (χ0) is 18.6. The number of halogens is 1. The lowest BCUT2D eigenvalue weighted by Crippen LogP contribution is -2.29. The van der Waals surface area contributed by atoms with Gasteiger partial charge < -0.3 is 9.47 Å². The molecular weight excluding hydrogens is 406 g/mol. The van der Waals surface area contributed by atoms with Crippen molar-refractivity contribution in [1.82, 2.24) is 4.31 Å². The first-order valence-electron chi connectivity index (χ1n) is 7.73. The molecule has 0 aliphatic carbocycles. The maximum Gasteiger partial charge on any atom is 0.242 e. The van der Waals surface area contributed by atoms with Gasteiger partial charge in [-0.3, -0.25) is 0 Å². The molecule has 0 amide bonds. The summed E-state index contributed by atoms with van der Waals surface area (Å²) < 4.78 is 38.2. The Bertz CT molecular complexity index is 852. The van der Waals surface area contributed by atoms with Gasteiger partial charge in [0.15, 0.2) is 11.5 Å². The minimum absolute atomic E-state index is 0.294. The molecule has 2 aromatic rings. The first-order chi connectivity index (χ1) is 11.8. The Morgan fingerprint density at radius 3 is 2.32 bits per heavy atom. The van der Waals surface area contributed by atoms with Crippen molar-refractivity contribution in [1.29, 1.82) is 0 Å². The molecule has 2 aromatic carbocycles. The van der Waals surface area contributed by atoms with Crippen molar-refractivity contribution >= 4 is 26.0 Å². The molecule has 0 atom stereocenters. The van der Waals surface area contributed by atoms with E-state index in [4.69, 9.17) is 9.47 Å². The molecular formula is C18H22BrNO4S. The van der Waals surface area contributed by atoms with E-state index in [0.29, 0.717) is 29.4 Å². The number of hydrogen-bond acceptors (Lipinski definition) is 4. The van der Waals surface area contributed by atoms with Crippen LogP contribution in [0.15, 0.2) is 45.8 Å². The van der Waals surface area contributed by atoms with Crippen LogP contribution >= 0.6 is 15.9 Å². The number of aryl methyl sites for hydroxylation is 1. The van der Waals surface area contributed by atoms with Gasteiger partial charge in [-0.25, -0.2) is 12.7 Å². The molecule has 0 saturated carbocycles. The van der Waals surface area contributed by atoms with E-state index < -0.39 is 10.0 Å². The number of sulfonamides is 1. The van der Waals surface area contributed by atoms with Crippen molar-refractivity contribution in [2.75, 3.05) is 27.8 Å². The third-order valence-corrected chi connectivity index (χ3v) is 6.74. The summed E-state index contributed by atoms with van der Waals surface area (Å²) in [5, 5.41) is 0. The maximum absolute atomic E-state index is 12.7. The molecule has 0 spiro atoms. The quantitative estimate of drug-likeness (QED) is 0.676. The minimum atomic E-state index is -3.52. The van der Waals surface area contributed by atoms with Gasteiger partial charge in [-0.1, -0.05) is 22.0 Å². The van der Waals surface area contributed by atoms with Crippen LogP contribution in [0, 0.1) is 6.92 Å². The molecule has 0 aliphatic heterocycles. The monoisotopic (exact) mass is 427 g/mol. The minimum Gasteiger partial charge on any atom is -0.493 e. The van der Waals surface area contributed by atoms with E-state index in [2.05, 4.69) is 15.9 Å². The van der Waals surface area contributed by atoms with Gasteiger partial charge in [-0.2, -0.15) is 0 Å². The highest BCUT2D eigenvalue weighted by atomic mass is 79.9. The average molecular weight is 428 g/mol. The summed E-state index contributed by atoms with van der Waals surface area (Å²) in [6, 6.07) is 10.6. The summed E-state index contributed by atoms with van der Waals surface area (Å²) in [6.07, 6.45) is 0.575. The van der Waals surface area contributed by atoms with Crippen LogP contribution in [-0.4, -0.2) is 40.5 Å². The summed E-state index contributed by atoms with van der Waals surface area (Å²) in [6.45, 7) is 2.24. The lowest BCUT2D eigenvalue weighted by atomic mass is 10.1. The Kier molecular flexibility index (Phi) is 6.48. The molecule has 136 valence electrons. The van der Waals surface area contributed by atoms with E-state index in [-0.39, 0.29) is 0 Å². The van der Waals surface area contributed by atoms with Crippen molar-refractivity contribution in [3.05, 3.63) is 52.0 Å². The topological polar surface area (TPSA) is 55.8 Å². The molecule has 25 heavy (non-hydrogen) atoms.